The zero-order valence-corrected chi connectivity index (χ0v) is 14.7. The molecule has 1 unspecified atom stereocenters. The predicted molar refractivity (Wildman–Crippen MR) is 97.6 cm³/mol. The van der Waals surface area contributed by atoms with E-state index in [0.29, 0.717) is 17.1 Å². The van der Waals surface area contributed by atoms with Gasteiger partial charge >= 0.3 is 6.18 Å². The molecule has 0 aliphatic carbocycles. The van der Waals surface area contributed by atoms with Crippen LogP contribution in [0.5, 0.6) is 11.5 Å². The van der Waals surface area contributed by atoms with E-state index < -0.39 is 11.8 Å². The molecular formula is C22H19F3O2. The quantitative estimate of drug-likeness (QED) is 0.493. The second-order valence-corrected chi connectivity index (χ2v) is 6.25. The first-order valence-corrected chi connectivity index (χ1v) is 8.46. The summed E-state index contributed by atoms with van der Waals surface area (Å²) in [6.07, 6.45) is -4.55. The van der Waals surface area contributed by atoms with Crippen LogP contribution in [-0.2, 0) is 16.9 Å². The molecule has 0 fully saturated rings. The van der Waals surface area contributed by atoms with Crippen molar-refractivity contribution in [1.82, 2.24) is 0 Å². The molecule has 0 saturated heterocycles. The summed E-state index contributed by atoms with van der Waals surface area (Å²) in [6.45, 7) is 0.851. The Labute approximate surface area is 156 Å². The summed E-state index contributed by atoms with van der Waals surface area (Å²) >= 11 is 0. The Morgan fingerprint density at radius 2 is 1.33 bits per heavy atom. The van der Waals surface area contributed by atoms with Crippen LogP contribution in [0.25, 0.3) is 0 Å². The molecule has 2 nitrogen and oxygen atoms in total. The molecule has 0 N–H and O–H groups in total. The fraction of sp³-hybridized carbons (Fsp3) is 0.182. The highest BCUT2D eigenvalue weighted by atomic mass is 19.4. The van der Waals surface area contributed by atoms with Crippen molar-refractivity contribution >= 4 is 0 Å². The molecule has 3 aromatic rings. The lowest BCUT2D eigenvalue weighted by molar-refractivity contribution is -0.281. The molecule has 0 saturated carbocycles. The molecule has 0 aromatic heterocycles. The summed E-state index contributed by atoms with van der Waals surface area (Å²) in [6, 6.07) is 23.7. The van der Waals surface area contributed by atoms with E-state index in [0.717, 1.165) is 6.92 Å². The van der Waals surface area contributed by atoms with Gasteiger partial charge in [-0.1, -0.05) is 60.7 Å². The molecular weight excluding hydrogens is 353 g/mol. The van der Waals surface area contributed by atoms with Crippen LogP contribution in [-0.4, -0.2) is 6.18 Å². The lowest BCUT2D eigenvalue weighted by Crippen LogP contribution is -2.42. The standard InChI is InChI=1S/C22H19F3O2/c1-21(22(23,24)25,18-10-4-2-5-11-18)26-16-17-9-8-14-20(15-17)27-19-12-6-3-7-13-19/h2-15H,16H2,1H3. The number of hydrogen-bond acceptors (Lipinski definition) is 2. The Balaban J connectivity index is 1.77. The van der Waals surface area contributed by atoms with Gasteiger partial charge in [-0.15, -0.1) is 0 Å². The van der Waals surface area contributed by atoms with Gasteiger partial charge in [0.05, 0.1) is 6.61 Å². The fourth-order valence-electron chi connectivity index (χ4n) is 2.64. The van der Waals surface area contributed by atoms with Crippen LogP contribution in [0.3, 0.4) is 0 Å². The van der Waals surface area contributed by atoms with Crippen LogP contribution >= 0.6 is 0 Å². The lowest BCUT2D eigenvalue weighted by Gasteiger charge is -2.32. The van der Waals surface area contributed by atoms with E-state index in [-0.39, 0.29) is 12.2 Å². The topological polar surface area (TPSA) is 18.5 Å². The van der Waals surface area contributed by atoms with Crippen molar-refractivity contribution in [3.8, 4) is 11.5 Å². The molecule has 0 heterocycles. The minimum atomic E-state index is -4.55. The van der Waals surface area contributed by atoms with Gasteiger partial charge in [-0.25, -0.2) is 0 Å². The first-order valence-electron chi connectivity index (χ1n) is 8.46. The van der Waals surface area contributed by atoms with Crippen molar-refractivity contribution < 1.29 is 22.6 Å². The fourth-order valence-corrected chi connectivity index (χ4v) is 2.64. The molecule has 0 aliphatic rings. The van der Waals surface area contributed by atoms with Gasteiger partial charge in [0, 0.05) is 0 Å². The van der Waals surface area contributed by atoms with Crippen molar-refractivity contribution in [1.29, 1.82) is 0 Å². The van der Waals surface area contributed by atoms with Crippen molar-refractivity contribution in [3.63, 3.8) is 0 Å². The molecule has 27 heavy (non-hydrogen) atoms. The number of alkyl halides is 3. The van der Waals surface area contributed by atoms with Gasteiger partial charge in [-0.3, -0.25) is 0 Å². The van der Waals surface area contributed by atoms with E-state index in [1.54, 1.807) is 54.6 Å². The predicted octanol–water partition coefficient (Wildman–Crippen LogP) is 6.47. The van der Waals surface area contributed by atoms with Gasteiger partial charge in [-0.05, 0) is 42.3 Å². The maximum absolute atomic E-state index is 13.7. The third-order valence-corrected chi connectivity index (χ3v) is 4.27. The van der Waals surface area contributed by atoms with Gasteiger partial charge in [0.15, 0.2) is 5.60 Å². The van der Waals surface area contributed by atoms with Crippen LogP contribution in [0.2, 0.25) is 0 Å². The van der Waals surface area contributed by atoms with E-state index in [4.69, 9.17) is 9.47 Å². The van der Waals surface area contributed by atoms with Crippen molar-refractivity contribution in [2.75, 3.05) is 0 Å². The minimum Gasteiger partial charge on any atom is -0.457 e. The van der Waals surface area contributed by atoms with Crippen molar-refractivity contribution in [2.45, 2.75) is 25.3 Å². The molecule has 5 heteroatoms. The highest BCUT2D eigenvalue weighted by Gasteiger charge is 2.53. The zero-order chi connectivity index (χ0) is 19.3. The summed E-state index contributed by atoms with van der Waals surface area (Å²) in [4.78, 5) is 0. The number of para-hydroxylation sites is 1. The number of ether oxygens (including phenoxy) is 2. The Bertz CT molecular complexity index is 863. The number of benzene rings is 3. The third kappa shape index (κ3) is 4.49. The molecule has 3 aromatic carbocycles. The largest absolute Gasteiger partial charge is 0.457 e. The van der Waals surface area contributed by atoms with Crippen LogP contribution in [0.4, 0.5) is 13.2 Å². The highest BCUT2D eigenvalue weighted by molar-refractivity contribution is 5.34. The maximum atomic E-state index is 13.7. The van der Waals surface area contributed by atoms with Crippen LogP contribution in [0.15, 0.2) is 84.9 Å². The zero-order valence-electron chi connectivity index (χ0n) is 14.7. The summed E-state index contributed by atoms with van der Waals surface area (Å²) in [7, 11) is 0. The average molecular weight is 372 g/mol. The summed E-state index contributed by atoms with van der Waals surface area (Å²) in [5.74, 6) is 1.19. The van der Waals surface area contributed by atoms with E-state index in [1.807, 2.05) is 18.2 Å². The van der Waals surface area contributed by atoms with Gasteiger partial charge in [0.25, 0.3) is 0 Å². The monoisotopic (exact) mass is 372 g/mol. The van der Waals surface area contributed by atoms with E-state index in [9.17, 15) is 13.2 Å². The third-order valence-electron chi connectivity index (χ3n) is 4.27. The first-order chi connectivity index (χ1) is 12.9. The van der Waals surface area contributed by atoms with E-state index in [1.165, 1.54) is 12.1 Å². The van der Waals surface area contributed by atoms with Gasteiger partial charge in [0.2, 0.25) is 0 Å². The number of rotatable bonds is 6. The molecule has 140 valence electrons. The molecule has 1 atom stereocenters. The van der Waals surface area contributed by atoms with Crippen LogP contribution in [0, 0.1) is 0 Å². The second-order valence-electron chi connectivity index (χ2n) is 6.25. The molecule has 3 rings (SSSR count). The van der Waals surface area contributed by atoms with Crippen LogP contribution < -0.4 is 4.74 Å². The lowest BCUT2D eigenvalue weighted by atomic mass is 9.95. The summed E-state index contributed by atoms with van der Waals surface area (Å²) in [5, 5.41) is 0. The van der Waals surface area contributed by atoms with Crippen LogP contribution in [0.1, 0.15) is 18.1 Å². The van der Waals surface area contributed by atoms with Gasteiger partial charge in [0.1, 0.15) is 11.5 Å². The first kappa shape index (κ1) is 19.0. The van der Waals surface area contributed by atoms with Crippen molar-refractivity contribution in [3.05, 3.63) is 96.1 Å². The molecule has 0 spiro atoms. The molecule has 0 radical (unpaired) electrons. The Morgan fingerprint density at radius 1 is 0.741 bits per heavy atom. The number of hydrogen-bond donors (Lipinski definition) is 0. The molecule has 0 bridgehead atoms. The molecule has 0 amide bonds. The smallest absolute Gasteiger partial charge is 0.421 e. The Kier molecular flexibility index (Phi) is 5.51. The van der Waals surface area contributed by atoms with Gasteiger partial charge in [-0.2, -0.15) is 13.2 Å². The summed E-state index contributed by atoms with van der Waals surface area (Å²) < 4.78 is 52.2. The normalized spacial score (nSPS) is 13.8. The Hall–Kier alpha value is -2.79. The Morgan fingerprint density at radius 3 is 1.96 bits per heavy atom. The maximum Gasteiger partial charge on any atom is 0.421 e. The second kappa shape index (κ2) is 7.84. The summed E-state index contributed by atoms with van der Waals surface area (Å²) in [5.41, 5.74) is -1.74. The van der Waals surface area contributed by atoms with Gasteiger partial charge < -0.3 is 9.47 Å². The number of halogens is 3. The average Bonchev–Trinajstić information content (AvgIpc) is 2.67. The van der Waals surface area contributed by atoms with E-state index >= 15 is 0 Å². The highest BCUT2D eigenvalue weighted by Crippen LogP contribution is 2.42. The van der Waals surface area contributed by atoms with E-state index in [2.05, 4.69) is 0 Å². The minimum absolute atomic E-state index is 0.0641. The molecule has 0 aliphatic heterocycles. The SMILES string of the molecule is CC(OCc1cccc(Oc2ccccc2)c1)(c1ccccc1)C(F)(F)F. The van der Waals surface area contributed by atoms with Crippen molar-refractivity contribution in [2.24, 2.45) is 0 Å².